The van der Waals surface area contributed by atoms with Crippen molar-refractivity contribution in [2.45, 2.75) is 17.9 Å². The second-order valence-corrected chi connectivity index (χ2v) is 7.91. The highest BCUT2D eigenvalue weighted by atomic mass is 32.2. The third kappa shape index (κ3) is 4.41. The Labute approximate surface area is 165 Å². The highest BCUT2D eigenvalue weighted by Crippen LogP contribution is 2.11. The Balaban J connectivity index is 1.42. The monoisotopic (exact) mass is 416 g/mol. The predicted octanol–water partition coefficient (Wildman–Crippen LogP) is 1.99. The largest absolute Gasteiger partial charge is 0.467 e. The fraction of sp³-hybridized carbons (Fsp3) is 0.167. The number of anilines is 1. The summed E-state index contributed by atoms with van der Waals surface area (Å²) < 4.78 is 46.8. The summed E-state index contributed by atoms with van der Waals surface area (Å²) in [6.45, 7) is 0.562. The quantitative estimate of drug-likeness (QED) is 0.451. The van der Waals surface area contributed by atoms with Gasteiger partial charge in [-0.1, -0.05) is 0 Å². The molecule has 4 rings (SSSR count). The number of sulfonamides is 1. The number of furan rings is 1. The van der Waals surface area contributed by atoms with E-state index >= 15 is 0 Å². The lowest BCUT2D eigenvalue weighted by Crippen LogP contribution is -2.26. The molecule has 0 aliphatic carbocycles. The fourth-order valence-electron chi connectivity index (χ4n) is 2.67. The van der Waals surface area contributed by atoms with Crippen LogP contribution in [0.2, 0.25) is 0 Å². The molecule has 0 aliphatic heterocycles. The van der Waals surface area contributed by atoms with Gasteiger partial charge < -0.3 is 9.73 Å². The van der Waals surface area contributed by atoms with Crippen LogP contribution in [-0.4, -0.2) is 34.8 Å². The smallest absolute Gasteiger partial charge is 0.240 e. The molecule has 0 amide bonds. The van der Waals surface area contributed by atoms with Gasteiger partial charge in [-0.15, -0.1) is 15.3 Å². The Morgan fingerprint density at radius 3 is 2.66 bits per heavy atom. The van der Waals surface area contributed by atoms with E-state index < -0.39 is 15.8 Å². The van der Waals surface area contributed by atoms with Gasteiger partial charge in [0.25, 0.3) is 0 Å². The summed E-state index contributed by atoms with van der Waals surface area (Å²) in [6.07, 6.45) is 1.87. The van der Waals surface area contributed by atoms with E-state index in [0.717, 1.165) is 17.9 Å². The van der Waals surface area contributed by atoms with Crippen molar-refractivity contribution < 1.29 is 17.2 Å². The maximum Gasteiger partial charge on any atom is 0.240 e. The molecule has 3 aromatic heterocycles. The first-order valence-corrected chi connectivity index (χ1v) is 10.2. The molecule has 0 fully saturated rings. The molecule has 11 heteroatoms. The zero-order valence-electron chi connectivity index (χ0n) is 15.1. The van der Waals surface area contributed by atoms with Gasteiger partial charge in [0.2, 0.25) is 10.0 Å². The SMILES string of the molecule is O=S(=O)(NCCc1nnc2ccc(NCc3ccco3)nn12)c1ccc(F)cc1. The van der Waals surface area contributed by atoms with Crippen LogP contribution in [0.5, 0.6) is 0 Å². The van der Waals surface area contributed by atoms with Crippen LogP contribution in [0.4, 0.5) is 10.2 Å². The number of aromatic nitrogens is 4. The molecule has 9 nitrogen and oxygen atoms in total. The van der Waals surface area contributed by atoms with E-state index in [0.29, 0.717) is 23.8 Å². The number of nitrogens with one attached hydrogen (secondary N) is 2. The molecule has 0 aliphatic rings. The average molecular weight is 416 g/mol. The predicted molar refractivity (Wildman–Crippen MR) is 102 cm³/mol. The minimum atomic E-state index is -3.74. The number of fused-ring (bicyclic) bond motifs is 1. The highest BCUT2D eigenvalue weighted by Gasteiger charge is 2.15. The van der Waals surface area contributed by atoms with Crippen LogP contribution < -0.4 is 10.0 Å². The van der Waals surface area contributed by atoms with Crippen LogP contribution in [0, 0.1) is 5.82 Å². The third-order valence-corrected chi connectivity index (χ3v) is 5.59. The average Bonchev–Trinajstić information content (AvgIpc) is 3.36. The molecule has 1 aromatic carbocycles. The lowest BCUT2D eigenvalue weighted by molar-refractivity contribution is 0.517. The zero-order valence-corrected chi connectivity index (χ0v) is 15.9. The number of hydrogen-bond donors (Lipinski definition) is 2. The van der Waals surface area contributed by atoms with Crippen molar-refractivity contribution >= 4 is 21.5 Å². The number of benzene rings is 1. The molecule has 0 spiro atoms. The molecule has 0 saturated carbocycles. The van der Waals surface area contributed by atoms with Gasteiger partial charge in [0.1, 0.15) is 17.4 Å². The summed E-state index contributed by atoms with van der Waals surface area (Å²) >= 11 is 0. The van der Waals surface area contributed by atoms with E-state index in [-0.39, 0.29) is 17.9 Å². The molecular weight excluding hydrogens is 399 g/mol. The summed E-state index contributed by atoms with van der Waals surface area (Å²) in [5, 5.41) is 15.7. The Morgan fingerprint density at radius 1 is 1.07 bits per heavy atom. The minimum Gasteiger partial charge on any atom is -0.467 e. The molecule has 3 heterocycles. The van der Waals surface area contributed by atoms with E-state index in [1.54, 1.807) is 29.0 Å². The van der Waals surface area contributed by atoms with Gasteiger partial charge in [-0.05, 0) is 48.5 Å². The lowest BCUT2D eigenvalue weighted by atomic mass is 10.4. The standard InChI is InChI=1S/C18H17FN6O3S/c19-13-3-5-15(6-4-13)29(26,27)21-10-9-18-23-22-17-8-7-16(24-25(17)18)20-12-14-2-1-11-28-14/h1-8,11,21H,9-10,12H2,(H,20,24). The minimum absolute atomic E-state index is 0.00691. The first-order valence-electron chi connectivity index (χ1n) is 8.74. The van der Waals surface area contributed by atoms with Crippen molar-refractivity contribution in [3.63, 3.8) is 0 Å². The van der Waals surface area contributed by atoms with Gasteiger partial charge >= 0.3 is 0 Å². The summed E-state index contributed by atoms with van der Waals surface area (Å²) in [6, 6.07) is 11.8. The number of rotatable bonds is 8. The van der Waals surface area contributed by atoms with Gasteiger partial charge in [-0.2, -0.15) is 4.52 Å². The van der Waals surface area contributed by atoms with E-state index in [1.165, 1.54) is 12.1 Å². The fourth-order valence-corrected chi connectivity index (χ4v) is 3.70. The van der Waals surface area contributed by atoms with Crippen molar-refractivity contribution in [3.05, 3.63) is 72.2 Å². The van der Waals surface area contributed by atoms with Crippen LogP contribution in [-0.2, 0) is 23.0 Å². The van der Waals surface area contributed by atoms with Crippen LogP contribution >= 0.6 is 0 Å². The van der Waals surface area contributed by atoms with Crippen LogP contribution in [0.1, 0.15) is 11.6 Å². The zero-order chi connectivity index (χ0) is 20.3. The van der Waals surface area contributed by atoms with Crippen molar-refractivity contribution in [1.29, 1.82) is 0 Å². The van der Waals surface area contributed by atoms with Crippen molar-refractivity contribution in [2.24, 2.45) is 0 Å². The lowest BCUT2D eigenvalue weighted by Gasteiger charge is -2.07. The van der Waals surface area contributed by atoms with E-state index in [4.69, 9.17) is 4.42 Å². The molecule has 4 aromatic rings. The van der Waals surface area contributed by atoms with Crippen molar-refractivity contribution in [1.82, 2.24) is 24.5 Å². The van der Waals surface area contributed by atoms with Gasteiger partial charge in [0, 0.05) is 13.0 Å². The van der Waals surface area contributed by atoms with Crippen molar-refractivity contribution in [3.8, 4) is 0 Å². The maximum atomic E-state index is 13.0. The number of hydrogen-bond acceptors (Lipinski definition) is 7. The summed E-state index contributed by atoms with van der Waals surface area (Å²) in [5.41, 5.74) is 0.546. The van der Waals surface area contributed by atoms with Crippen molar-refractivity contribution in [2.75, 3.05) is 11.9 Å². The van der Waals surface area contributed by atoms with Gasteiger partial charge in [-0.25, -0.2) is 17.5 Å². The first-order chi connectivity index (χ1) is 14.0. The van der Waals surface area contributed by atoms with Crippen LogP contribution in [0.15, 0.2) is 64.1 Å². The molecule has 29 heavy (non-hydrogen) atoms. The number of halogens is 1. The highest BCUT2D eigenvalue weighted by molar-refractivity contribution is 7.89. The molecule has 0 radical (unpaired) electrons. The third-order valence-electron chi connectivity index (χ3n) is 4.12. The molecule has 0 atom stereocenters. The van der Waals surface area contributed by atoms with E-state index in [9.17, 15) is 12.8 Å². The van der Waals surface area contributed by atoms with E-state index in [2.05, 4.69) is 25.3 Å². The molecule has 0 bridgehead atoms. The Kier molecular flexibility index (Phi) is 5.23. The molecule has 150 valence electrons. The molecule has 0 saturated heterocycles. The second-order valence-electron chi connectivity index (χ2n) is 6.14. The topological polar surface area (TPSA) is 114 Å². The summed E-state index contributed by atoms with van der Waals surface area (Å²) in [7, 11) is -3.74. The molecular formula is C18H17FN6O3S. The van der Waals surface area contributed by atoms with Gasteiger partial charge in [0.05, 0.1) is 17.7 Å². The van der Waals surface area contributed by atoms with Gasteiger partial charge in [0.15, 0.2) is 11.5 Å². The molecule has 2 N–H and O–H groups in total. The Bertz CT molecular complexity index is 1210. The van der Waals surface area contributed by atoms with Gasteiger partial charge in [-0.3, -0.25) is 0 Å². The van der Waals surface area contributed by atoms with E-state index in [1.807, 2.05) is 6.07 Å². The second kappa shape index (κ2) is 7.97. The Morgan fingerprint density at radius 2 is 1.90 bits per heavy atom. The first kappa shape index (κ1) is 19.0. The Hall–Kier alpha value is -3.31. The summed E-state index contributed by atoms with van der Waals surface area (Å²) in [5.74, 6) is 1.37. The van der Waals surface area contributed by atoms with Crippen LogP contribution in [0.3, 0.4) is 0 Å². The number of nitrogens with zero attached hydrogens (tertiary/aromatic N) is 4. The maximum absolute atomic E-state index is 13.0. The molecule has 0 unspecified atom stereocenters. The summed E-state index contributed by atoms with van der Waals surface area (Å²) in [4.78, 5) is -0.00691. The normalized spacial score (nSPS) is 11.8. The van der Waals surface area contributed by atoms with Crippen LogP contribution in [0.25, 0.3) is 5.65 Å².